The summed E-state index contributed by atoms with van der Waals surface area (Å²) in [6.07, 6.45) is 4.18. The number of anilines is 2. The molecule has 0 aromatic carbocycles. The van der Waals surface area contributed by atoms with Crippen LogP contribution in [-0.2, 0) is 6.54 Å². The van der Waals surface area contributed by atoms with E-state index in [0.29, 0.717) is 24.1 Å². The number of hydrogen-bond donors (Lipinski definition) is 3. The molecule has 0 aliphatic heterocycles. The lowest BCUT2D eigenvalue weighted by atomic mass is 9.78. The molecule has 1 aliphatic rings. The van der Waals surface area contributed by atoms with E-state index in [1.165, 1.54) is 11.0 Å². The van der Waals surface area contributed by atoms with Crippen LogP contribution in [-0.4, -0.2) is 15.6 Å². The zero-order chi connectivity index (χ0) is 15.6. The molecule has 0 radical (unpaired) electrons. The van der Waals surface area contributed by atoms with Gasteiger partial charge in [-0.15, -0.1) is 0 Å². The second-order valence-electron chi connectivity index (χ2n) is 6.19. The number of nitrogens with two attached hydrogens (primary N) is 1. The molecule has 118 valence electrons. The van der Waals surface area contributed by atoms with Crippen LogP contribution in [0.4, 0.5) is 11.5 Å². The molecule has 0 bridgehead atoms. The van der Waals surface area contributed by atoms with E-state index in [2.05, 4.69) is 24.1 Å². The van der Waals surface area contributed by atoms with Crippen molar-refractivity contribution in [3.8, 4) is 0 Å². The quantitative estimate of drug-likeness (QED) is 0.789. The molecule has 21 heavy (non-hydrogen) atoms. The van der Waals surface area contributed by atoms with Crippen LogP contribution in [0.2, 0.25) is 0 Å². The monoisotopic (exact) mass is 294 g/mol. The highest BCUT2D eigenvalue weighted by molar-refractivity contribution is 5.61. The summed E-state index contributed by atoms with van der Waals surface area (Å²) in [5, 5.41) is 3.30. The van der Waals surface area contributed by atoms with Crippen molar-refractivity contribution in [2.75, 3.05) is 11.1 Å². The van der Waals surface area contributed by atoms with Crippen molar-refractivity contribution in [1.29, 1.82) is 0 Å². The summed E-state index contributed by atoms with van der Waals surface area (Å²) in [6.45, 7) is 6.92. The number of nitrogens with zero attached hydrogens (tertiary/aromatic N) is 1. The smallest absolute Gasteiger partial charge is 0.330 e. The fraction of sp³-hybridized carbons (Fsp3) is 0.733. The van der Waals surface area contributed by atoms with E-state index in [4.69, 9.17) is 5.73 Å². The molecule has 1 aliphatic carbocycles. The highest BCUT2D eigenvalue weighted by Crippen LogP contribution is 2.31. The second kappa shape index (κ2) is 6.37. The van der Waals surface area contributed by atoms with Crippen LogP contribution in [0, 0.1) is 11.8 Å². The first-order chi connectivity index (χ1) is 9.95. The van der Waals surface area contributed by atoms with E-state index in [1.54, 1.807) is 0 Å². The van der Waals surface area contributed by atoms with Gasteiger partial charge >= 0.3 is 5.69 Å². The summed E-state index contributed by atoms with van der Waals surface area (Å²) in [4.78, 5) is 26.2. The first-order valence-corrected chi connectivity index (χ1v) is 7.84. The third-order valence-corrected chi connectivity index (χ3v) is 4.72. The molecule has 1 saturated carbocycles. The van der Waals surface area contributed by atoms with Crippen LogP contribution in [0.25, 0.3) is 0 Å². The van der Waals surface area contributed by atoms with Gasteiger partial charge in [-0.25, -0.2) is 4.79 Å². The molecule has 0 spiro atoms. The molecule has 3 unspecified atom stereocenters. The number of rotatable bonds is 4. The van der Waals surface area contributed by atoms with Crippen molar-refractivity contribution in [1.82, 2.24) is 9.55 Å². The van der Waals surface area contributed by atoms with E-state index in [1.807, 2.05) is 6.92 Å². The van der Waals surface area contributed by atoms with E-state index in [-0.39, 0.29) is 11.9 Å². The Bertz CT molecular complexity index is 605. The van der Waals surface area contributed by atoms with Crippen LogP contribution in [0.5, 0.6) is 0 Å². The average molecular weight is 294 g/mol. The predicted molar refractivity (Wildman–Crippen MR) is 85.6 cm³/mol. The Kier molecular flexibility index (Phi) is 4.75. The van der Waals surface area contributed by atoms with Gasteiger partial charge < -0.3 is 11.1 Å². The zero-order valence-corrected chi connectivity index (χ0v) is 13.1. The van der Waals surface area contributed by atoms with E-state index in [9.17, 15) is 9.59 Å². The summed E-state index contributed by atoms with van der Waals surface area (Å²) in [5.74, 6) is 1.35. The Hall–Kier alpha value is -1.72. The number of nitrogens with one attached hydrogen (secondary N) is 2. The van der Waals surface area contributed by atoms with Crippen molar-refractivity contribution in [3.63, 3.8) is 0 Å². The molecule has 6 nitrogen and oxygen atoms in total. The summed E-state index contributed by atoms with van der Waals surface area (Å²) >= 11 is 0. The topological polar surface area (TPSA) is 92.9 Å². The van der Waals surface area contributed by atoms with Crippen LogP contribution in [0.3, 0.4) is 0 Å². The number of nitrogen functional groups attached to an aromatic ring is 1. The lowest BCUT2D eigenvalue weighted by Gasteiger charge is -2.35. The zero-order valence-electron chi connectivity index (χ0n) is 13.1. The standard InChI is InChI=1S/C15H26N4O2/c1-4-8-19-13(16)12(14(20)18-15(19)21)17-11-7-5-6-9(2)10(11)3/h9-11,17H,4-8,16H2,1-3H3,(H,18,20,21). The Balaban J connectivity index is 2.33. The maximum Gasteiger partial charge on any atom is 0.330 e. The van der Waals surface area contributed by atoms with E-state index in [0.717, 1.165) is 19.3 Å². The third-order valence-electron chi connectivity index (χ3n) is 4.72. The minimum atomic E-state index is -0.435. The fourth-order valence-electron chi connectivity index (χ4n) is 3.14. The third kappa shape index (κ3) is 3.14. The molecular weight excluding hydrogens is 268 g/mol. The summed E-state index contributed by atoms with van der Waals surface area (Å²) < 4.78 is 1.43. The minimum Gasteiger partial charge on any atom is -0.383 e. The van der Waals surface area contributed by atoms with Crippen molar-refractivity contribution in [2.45, 2.75) is 59.0 Å². The number of aromatic amines is 1. The molecule has 1 aromatic rings. The van der Waals surface area contributed by atoms with Gasteiger partial charge in [0.2, 0.25) is 0 Å². The number of H-pyrrole nitrogens is 1. The first-order valence-electron chi connectivity index (χ1n) is 7.84. The molecule has 1 aromatic heterocycles. The molecule has 6 heteroatoms. The molecule has 2 rings (SSSR count). The van der Waals surface area contributed by atoms with Crippen LogP contribution < -0.4 is 22.3 Å². The predicted octanol–water partition coefficient (Wildman–Crippen LogP) is 1.77. The highest BCUT2D eigenvalue weighted by atomic mass is 16.2. The number of hydrogen-bond acceptors (Lipinski definition) is 4. The maximum absolute atomic E-state index is 12.1. The van der Waals surface area contributed by atoms with Gasteiger partial charge in [-0.2, -0.15) is 0 Å². The lowest BCUT2D eigenvalue weighted by molar-refractivity contribution is 0.253. The van der Waals surface area contributed by atoms with Crippen LogP contribution in [0.15, 0.2) is 9.59 Å². The molecular formula is C15H26N4O2. The summed E-state index contributed by atoms with van der Waals surface area (Å²) in [7, 11) is 0. The Labute approximate surface area is 124 Å². The van der Waals surface area contributed by atoms with Crippen molar-refractivity contribution >= 4 is 11.5 Å². The van der Waals surface area contributed by atoms with Gasteiger partial charge in [-0.3, -0.25) is 14.3 Å². The van der Waals surface area contributed by atoms with Gasteiger partial charge in [0.25, 0.3) is 5.56 Å². The number of aromatic nitrogens is 2. The second-order valence-corrected chi connectivity index (χ2v) is 6.19. The molecule has 3 atom stereocenters. The normalized spacial score (nSPS) is 25.8. The van der Waals surface area contributed by atoms with Gasteiger partial charge in [0.1, 0.15) is 11.5 Å². The van der Waals surface area contributed by atoms with Gasteiger partial charge in [0, 0.05) is 12.6 Å². The minimum absolute atomic E-state index is 0.227. The molecule has 1 heterocycles. The fourth-order valence-corrected chi connectivity index (χ4v) is 3.14. The maximum atomic E-state index is 12.1. The van der Waals surface area contributed by atoms with Crippen LogP contribution >= 0.6 is 0 Å². The Morgan fingerprint density at radius 2 is 2.05 bits per heavy atom. The average Bonchev–Trinajstić information content (AvgIpc) is 2.44. The van der Waals surface area contributed by atoms with Crippen molar-refractivity contribution in [3.05, 3.63) is 20.8 Å². The first kappa shape index (κ1) is 15.7. The molecule has 1 fully saturated rings. The Morgan fingerprint density at radius 3 is 2.71 bits per heavy atom. The van der Waals surface area contributed by atoms with Crippen molar-refractivity contribution < 1.29 is 0 Å². The van der Waals surface area contributed by atoms with Gasteiger partial charge in [0.05, 0.1) is 0 Å². The van der Waals surface area contributed by atoms with E-state index < -0.39 is 11.2 Å². The van der Waals surface area contributed by atoms with Crippen LogP contribution in [0.1, 0.15) is 46.5 Å². The molecule has 0 amide bonds. The summed E-state index contributed by atoms with van der Waals surface area (Å²) in [5.41, 5.74) is 5.53. The van der Waals surface area contributed by atoms with Crippen molar-refractivity contribution in [2.24, 2.45) is 11.8 Å². The van der Waals surface area contributed by atoms with Gasteiger partial charge in [0.15, 0.2) is 0 Å². The Morgan fingerprint density at radius 1 is 1.33 bits per heavy atom. The van der Waals surface area contributed by atoms with Gasteiger partial charge in [-0.1, -0.05) is 33.6 Å². The van der Waals surface area contributed by atoms with Gasteiger partial charge in [-0.05, 0) is 24.7 Å². The molecule has 0 saturated heterocycles. The largest absolute Gasteiger partial charge is 0.383 e. The summed E-state index contributed by atoms with van der Waals surface area (Å²) in [6, 6.07) is 0.227. The SMILES string of the molecule is CCCn1c(N)c(NC2CCCC(C)C2C)c(=O)[nH]c1=O. The molecule has 4 N–H and O–H groups in total. The van der Waals surface area contributed by atoms with E-state index >= 15 is 0 Å². The highest BCUT2D eigenvalue weighted by Gasteiger charge is 2.28. The lowest BCUT2D eigenvalue weighted by Crippen LogP contribution is -2.40.